The SMILES string of the molecule is Cc1ccc(N=Cc2cccc(C(=O)O)c2[O-])cc1. The van der Waals surface area contributed by atoms with E-state index in [0.717, 1.165) is 5.56 Å². The number of aromatic carboxylic acids is 1. The predicted octanol–water partition coefficient (Wildman–Crippen LogP) is 2.52. The topological polar surface area (TPSA) is 72.7 Å². The van der Waals surface area contributed by atoms with Gasteiger partial charge in [0.2, 0.25) is 0 Å². The van der Waals surface area contributed by atoms with Crippen molar-refractivity contribution in [3.8, 4) is 5.75 Å². The highest BCUT2D eigenvalue weighted by Crippen LogP contribution is 2.19. The van der Waals surface area contributed by atoms with Gasteiger partial charge in [-0.05, 0) is 30.7 Å². The number of aliphatic imine (C=N–C) groups is 1. The number of para-hydroxylation sites is 1. The molecule has 0 aliphatic rings. The third kappa shape index (κ3) is 2.98. The van der Waals surface area contributed by atoms with Crippen LogP contribution in [-0.4, -0.2) is 17.3 Å². The van der Waals surface area contributed by atoms with Crippen LogP contribution in [0.4, 0.5) is 5.69 Å². The van der Waals surface area contributed by atoms with Crippen molar-refractivity contribution in [1.29, 1.82) is 0 Å². The molecule has 2 aromatic rings. The first-order chi connectivity index (χ1) is 9.08. The van der Waals surface area contributed by atoms with Crippen molar-refractivity contribution >= 4 is 17.9 Å². The van der Waals surface area contributed by atoms with Gasteiger partial charge in [-0.15, -0.1) is 0 Å². The van der Waals surface area contributed by atoms with E-state index in [4.69, 9.17) is 5.11 Å². The fourth-order valence-corrected chi connectivity index (χ4v) is 1.60. The van der Waals surface area contributed by atoms with Crippen molar-refractivity contribution in [2.45, 2.75) is 6.92 Å². The van der Waals surface area contributed by atoms with Crippen LogP contribution in [0.2, 0.25) is 0 Å². The zero-order valence-electron chi connectivity index (χ0n) is 10.3. The molecular formula is C15H12NO3-. The van der Waals surface area contributed by atoms with Gasteiger partial charge in [0, 0.05) is 6.21 Å². The third-order valence-corrected chi connectivity index (χ3v) is 2.66. The second-order valence-corrected chi connectivity index (χ2v) is 4.12. The Hall–Kier alpha value is -2.62. The average molecular weight is 254 g/mol. The molecule has 0 unspecified atom stereocenters. The lowest BCUT2D eigenvalue weighted by molar-refractivity contribution is -0.269. The fourth-order valence-electron chi connectivity index (χ4n) is 1.60. The maximum atomic E-state index is 11.8. The summed E-state index contributed by atoms with van der Waals surface area (Å²) in [7, 11) is 0. The molecule has 2 rings (SSSR count). The van der Waals surface area contributed by atoms with E-state index in [2.05, 4.69) is 4.99 Å². The number of benzene rings is 2. The van der Waals surface area contributed by atoms with Crippen LogP contribution in [0.15, 0.2) is 47.5 Å². The van der Waals surface area contributed by atoms with E-state index in [-0.39, 0.29) is 11.1 Å². The molecule has 0 amide bonds. The van der Waals surface area contributed by atoms with E-state index in [9.17, 15) is 9.90 Å². The summed E-state index contributed by atoms with van der Waals surface area (Å²) in [6, 6.07) is 11.9. The Morgan fingerprint density at radius 1 is 1.21 bits per heavy atom. The van der Waals surface area contributed by atoms with Gasteiger partial charge in [-0.1, -0.05) is 35.6 Å². The van der Waals surface area contributed by atoms with Crippen molar-refractivity contribution < 1.29 is 15.0 Å². The molecule has 0 aliphatic carbocycles. The van der Waals surface area contributed by atoms with Gasteiger partial charge in [0.1, 0.15) is 0 Å². The lowest BCUT2D eigenvalue weighted by Gasteiger charge is -2.12. The Kier molecular flexibility index (Phi) is 3.61. The summed E-state index contributed by atoms with van der Waals surface area (Å²) in [4.78, 5) is 15.0. The summed E-state index contributed by atoms with van der Waals surface area (Å²) in [5.74, 6) is -1.75. The largest absolute Gasteiger partial charge is 0.871 e. The van der Waals surface area contributed by atoms with E-state index < -0.39 is 11.7 Å². The minimum Gasteiger partial charge on any atom is -0.871 e. The van der Waals surface area contributed by atoms with Crippen LogP contribution in [0.5, 0.6) is 5.75 Å². The quantitative estimate of drug-likeness (QED) is 0.855. The Balaban J connectivity index is 2.31. The van der Waals surface area contributed by atoms with Gasteiger partial charge in [-0.25, -0.2) is 4.79 Å². The molecular weight excluding hydrogens is 242 g/mol. The lowest BCUT2D eigenvalue weighted by atomic mass is 10.1. The summed E-state index contributed by atoms with van der Waals surface area (Å²) < 4.78 is 0. The van der Waals surface area contributed by atoms with E-state index in [0.29, 0.717) is 5.69 Å². The molecule has 4 nitrogen and oxygen atoms in total. The summed E-state index contributed by atoms with van der Waals surface area (Å²) in [5, 5.41) is 20.7. The zero-order chi connectivity index (χ0) is 13.8. The second-order valence-electron chi connectivity index (χ2n) is 4.12. The van der Waals surface area contributed by atoms with Gasteiger partial charge in [-0.2, -0.15) is 0 Å². The van der Waals surface area contributed by atoms with Crippen molar-refractivity contribution in [2.24, 2.45) is 4.99 Å². The predicted molar refractivity (Wildman–Crippen MR) is 71.3 cm³/mol. The van der Waals surface area contributed by atoms with Crippen molar-refractivity contribution in [3.63, 3.8) is 0 Å². The molecule has 0 heterocycles. The maximum absolute atomic E-state index is 11.8. The molecule has 0 bridgehead atoms. The molecule has 0 saturated heterocycles. The summed E-state index contributed by atoms with van der Waals surface area (Å²) in [6.45, 7) is 1.97. The molecule has 4 heteroatoms. The fraction of sp³-hybridized carbons (Fsp3) is 0.0667. The number of rotatable bonds is 3. The normalized spacial score (nSPS) is 10.8. The average Bonchev–Trinajstić information content (AvgIpc) is 2.39. The maximum Gasteiger partial charge on any atom is 0.335 e. The Morgan fingerprint density at radius 3 is 2.53 bits per heavy atom. The highest BCUT2D eigenvalue weighted by atomic mass is 16.4. The highest BCUT2D eigenvalue weighted by Gasteiger charge is 2.04. The summed E-state index contributed by atoms with van der Waals surface area (Å²) in [6.07, 6.45) is 1.39. The first-order valence-electron chi connectivity index (χ1n) is 5.72. The van der Waals surface area contributed by atoms with E-state index >= 15 is 0 Å². The summed E-state index contributed by atoms with van der Waals surface area (Å²) in [5.41, 5.74) is 1.86. The molecule has 19 heavy (non-hydrogen) atoms. The van der Waals surface area contributed by atoms with Crippen molar-refractivity contribution in [2.75, 3.05) is 0 Å². The van der Waals surface area contributed by atoms with E-state index in [1.807, 2.05) is 31.2 Å². The van der Waals surface area contributed by atoms with Crippen LogP contribution in [0.25, 0.3) is 0 Å². The van der Waals surface area contributed by atoms with Gasteiger partial charge in [0.05, 0.1) is 11.3 Å². The Morgan fingerprint density at radius 2 is 1.89 bits per heavy atom. The molecule has 96 valence electrons. The van der Waals surface area contributed by atoms with Crippen molar-refractivity contribution in [1.82, 2.24) is 0 Å². The molecule has 1 N–H and O–H groups in total. The monoisotopic (exact) mass is 254 g/mol. The molecule has 0 saturated carbocycles. The Bertz CT molecular complexity index is 630. The molecule has 0 aromatic heterocycles. The number of carboxylic acids is 1. The van der Waals surface area contributed by atoms with Crippen LogP contribution in [0.3, 0.4) is 0 Å². The molecule has 2 aromatic carbocycles. The zero-order valence-corrected chi connectivity index (χ0v) is 10.3. The van der Waals surface area contributed by atoms with Gasteiger partial charge in [-0.3, -0.25) is 4.99 Å². The molecule has 0 spiro atoms. The van der Waals surface area contributed by atoms with Gasteiger partial charge < -0.3 is 10.2 Å². The first-order valence-corrected chi connectivity index (χ1v) is 5.72. The number of carbonyl (C=O) groups is 1. The number of nitrogens with zero attached hydrogens (tertiary/aromatic N) is 1. The molecule has 0 aliphatic heterocycles. The molecule has 0 fully saturated rings. The number of hydrogen-bond donors (Lipinski definition) is 1. The minimum atomic E-state index is -1.23. The van der Waals surface area contributed by atoms with Crippen LogP contribution in [-0.2, 0) is 0 Å². The van der Waals surface area contributed by atoms with Crippen LogP contribution in [0, 0.1) is 6.92 Å². The van der Waals surface area contributed by atoms with Gasteiger partial charge >= 0.3 is 5.97 Å². The van der Waals surface area contributed by atoms with E-state index in [1.54, 1.807) is 6.07 Å². The van der Waals surface area contributed by atoms with Crippen molar-refractivity contribution in [3.05, 3.63) is 59.2 Å². The Labute approximate surface area is 110 Å². The third-order valence-electron chi connectivity index (χ3n) is 2.66. The second kappa shape index (κ2) is 5.35. The molecule has 0 atom stereocenters. The van der Waals surface area contributed by atoms with Gasteiger partial charge in [0.25, 0.3) is 0 Å². The molecule has 0 radical (unpaired) electrons. The smallest absolute Gasteiger partial charge is 0.335 e. The van der Waals surface area contributed by atoms with Gasteiger partial charge in [0.15, 0.2) is 0 Å². The minimum absolute atomic E-state index is 0.243. The first kappa shape index (κ1) is 12.8. The number of carboxylic acid groups (broad SMARTS) is 1. The number of aryl methyl sites for hydroxylation is 1. The highest BCUT2D eigenvalue weighted by molar-refractivity contribution is 5.96. The standard InChI is InChI=1S/C15H13NO3/c1-10-5-7-12(8-6-10)16-9-11-3-2-4-13(14(11)17)15(18)19/h2-9,17H,1H3,(H,18,19)/p-1. The van der Waals surface area contributed by atoms with Crippen LogP contribution < -0.4 is 5.11 Å². The summed E-state index contributed by atoms with van der Waals surface area (Å²) >= 11 is 0. The van der Waals surface area contributed by atoms with Crippen LogP contribution >= 0.6 is 0 Å². The number of hydrogen-bond acceptors (Lipinski definition) is 3. The van der Waals surface area contributed by atoms with Crippen LogP contribution in [0.1, 0.15) is 21.5 Å². The van der Waals surface area contributed by atoms with E-state index in [1.165, 1.54) is 18.3 Å². The lowest BCUT2D eigenvalue weighted by Crippen LogP contribution is -2.06.